The molecule has 5 nitrogen and oxygen atoms in total. The van der Waals surface area contributed by atoms with Crippen LogP contribution in [-0.2, 0) is 6.42 Å². The van der Waals surface area contributed by atoms with Crippen LogP contribution in [0.2, 0.25) is 0 Å². The van der Waals surface area contributed by atoms with Crippen LogP contribution in [0.15, 0.2) is 47.5 Å². The summed E-state index contributed by atoms with van der Waals surface area (Å²) >= 11 is 0. The molecule has 3 rings (SSSR count). The standard InChI is InChI=1S/C19H15FN4O/c20-17-7-6-12(8-14(17)10-21)15-3-1-2-11-4-5-13(9-16(11)15)18(25)24-19(22)23/h3-9H,1-2H2,(H4,22,23,24,25). The van der Waals surface area contributed by atoms with Crippen molar-refractivity contribution in [2.45, 2.75) is 12.8 Å². The summed E-state index contributed by atoms with van der Waals surface area (Å²) in [5, 5.41) is 9.04. The van der Waals surface area contributed by atoms with E-state index in [0.717, 1.165) is 35.1 Å². The number of hydrogen-bond acceptors (Lipinski definition) is 2. The summed E-state index contributed by atoms with van der Waals surface area (Å²) in [6, 6.07) is 11.5. The number of aliphatic imine (C=N–C) groups is 1. The second-order valence-corrected chi connectivity index (χ2v) is 5.68. The van der Waals surface area contributed by atoms with E-state index in [9.17, 15) is 9.18 Å². The van der Waals surface area contributed by atoms with Crippen LogP contribution in [0.5, 0.6) is 0 Å². The van der Waals surface area contributed by atoms with E-state index in [1.165, 1.54) is 12.1 Å². The first-order chi connectivity index (χ1) is 12.0. The van der Waals surface area contributed by atoms with E-state index >= 15 is 0 Å². The fourth-order valence-corrected chi connectivity index (χ4v) is 2.89. The van der Waals surface area contributed by atoms with Crippen molar-refractivity contribution in [3.63, 3.8) is 0 Å². The van der Waals surface area contributed by atoms with Crippen molar-refractivity contribution in [2.24, 2.45) is 16.5 Å². The van der Waals surface area contributed by atoms with Crippen molar-refractivity contribution >= 4 is 17.4 Å². The highest BCUT2D eigenvalue weighted by Gasteiger charge is 2.18. The van der Waals surface area contributed by atoms with Crippen LogP contribution in [-0.4, -0.2) is 11.9 Å². The van der Waals surface area contributed by atoms with Gasteiger partial charge in [0.25, 0.3) is 5.91 Å². The average Bonchev–Trinajstić information content (AvgIpc) is 2.60. The highest BCUT2D eigenvalue weighted by atomic mass is 19.1. The molecule has 0 aromatic heterocycles. The van der Waals surface area contributed by atoms with E-state index < -0.39 is 11.7 Å². The largest absolute Gasteiger partial charge is 0.370 e. The normalized spacial score (nSPS) is 12.6. The van der Waals surface area contributed by atoms with Crippen LogP contribution >= 0.6 is 0 Å². The number of carbonyl (C=O) groups excluding carboxylic acids is 1. The lowest BCUT2D eigenvalue weighted by molar-refractivity contribution is 0.100. The predicted molar refractivity (Wildman–Crippen MR) is 93.1 cm³/mol. The molecule has 1 aliphatic rings. The number of nitrogens with zero attached hydrogens (tertiary/aromatic N) is 2. The Morgan fingerprint density at radius 1 is 1.20 bits per heavy atom. The van der Waals surface area contributed by atoms with E-state index in [1.54, 1.807) is 18.2 Å². The fraction of sp³-hybridized carbons (Fsp3) is 0.105. The van der Waals surface area contributed by atoms with E-state index in [4.69, 9.17) is 16.7 Å². The molecule has 0 heterocycles. The van der Waals surface area contributed by atoms with Gasteiger partial charge < -0.3 is 11.5 Å². The third kappa shape index (κ3) is 3.26. The highest BCUT2D eigenvalue weighted by molar-refractivity contribution is 6.02. The summed E-state index contributed by atoms with van der Waals surface area (Å²) in [4.78, 5) is 15.6. The molecule has 1 amide bonds. The van der Waals surface area contributed by atoms with Gasteiger partial charge in [-0.25, -0.2) is 4.39 Å². The van der Waals surface area contributed by atoms with Crippen LogP contribution in [0, 0.1) is 17.1 Å². The van der Waals surface area contributed by atoms with E-state index in [2.05, 4.69) is 4.99 Å². The maximum atomic E-state index is 13.6. The number of allylic oxidation sites excluding steroid dienone is 1. The van der Waals surface area contributed by atoms with Crippen molar-refractivity contribution < 1.29 is 9.18 Å². The van der Waals surface area contributed by atoms with E-state index in [-0.39, 0.29) is 11.5 Å². The minimum absolute atomic E-state index is 0.0155. The molecule has 2 aromatic rings. The molecule has 0 fully saturated rings. The van der Waals surface area contributed by atoms with Crippen molar-refractivity contribution in [1.82, 2.24) is 0 Å². The summed E-state index contributed by atoms with van der Waals surface area (Å²) in [5.41, 5.74) is 14.4. The number of carbonyl (C=O) groups is 1. The molecule has 1 aliphatic carbocycles. The zero-order chi connectivity index (χ0) is 18.0. The smallest absolute Gasteiger partial charge is 0.280 e. The summed E-state index contributed by atoms with van der Waals surface area (Å²) in [5.74, 6) is -1.38. The minimum atomic E-state index is -0.556. The van der Waals surface area contributed by atoms with Gasteiger partial charge in [-0.3, -0.25) is 4.79 Å². The molecule has 0 radical (unpaired) electrons. The number of fused-ring (bicyclic) bond motifs is 1. The van der Waals surface area contributed by atoms with Gasteiger partial charge in [0.05, 0.1) is 5.56 Å². The minimum Gasteiger partial charge on any atom is -0.370 e. The number of nitriles is 1. The SMILES string of the molecule is N#Cc1cc(C2=CCCc3ccc(C(=O)N=C(N)N)cc32)ccc1F. The summed E-state index contributed by atoms with van der Waals surface area (Å²) in [7, 11) is 0. The molecule has 0 bridgehead atoms. The third-order valence-corrected chi connectivity index (χ3v) is 4.04. The molecule has 0 saturated carbocycles. The number of rotatable bonds is 2. The van der Waals surface area contributed by atoms with Gasteiger partial charge in [0.15, 0.2) is 5.96 Å². The Balaban J connectivity index is 2.09. The number of aryl methyl sites for hydroxylation is 1. The molecule has 25 heavy (non-hydrogen) atoms. The van der Waals surface area contributed by atoms with Gasteiger partial charge in [0.2, 0.25) is 0 Å². The Hall–Kier alpha value is -3.46. The lowest BCUT2D eigenvalue weighted by Crippen LogP contribution is -2.24. The number of benzene rings is 2. The maximum absolute atomic E-state index is 13.6. The van der Waals surface area contributed by atoms with Crippen molar-refractivity contribution in [2.75, 3.05) is 0 Å². The van der Waals surface area contributed by atoms with E-state index in [1.807, 2.05) is 18.2 Å². The van der Waals surface area contributed by atoms with Gasteiger partial charge in [0.1, 0.15) is 11.9 Å². The van der Waals surface area contributed by atoms with Gasteiger partial charge in [-0.1, -0.05) is 18.2 Å². The van der Waals surface area contributed by atoms with Gasteiger partial charge >= 0.3 is 0 Å². The molecule has 0 atom stereocenters. The molecular formula is C19H15FN4O. The fourth-order valence-electron chi connectivity index (χ4n) is 2.89. The molecule has 0 aliphatic heterocycles. The number of nitrogens with two attached hydrogens (primary N) is 2. The first-order valence-electron chi connectivity index (χ1n) is 7.67. The molecule has 2 aromatic carbocycles. The van der Waals surface area contributed by atoms with Gasteiger partial charge in [-0.05, 0) is 59.4 Å². The topological polar surface area (TPSA) is 105 Å². The zero-order valence-electron chi connectivity index (χ0n) is 13.3. The predicted octanol–water partition coefficient (Wildman–Crippen LogP) is 2.49. The van der Waals surface area contributed by atoms with Crippen LogP contribution in [0.25, 0.3) is 5.57 Å². The highest BCUT2D eigenvalue weighted by Crippen LogP contribution is 2.33. The van der Waals surface area contributed by atoms with Crippen LogP contribution in [0.4, 0.5) is 4.39 Å². The summed E-state index contributed by atoms with van der Waals surface area (Å²) in [6.45, 7) is 0. The third-order valence-electron chi connectivity index (χ3n) is 4.04. The van der Waals surface area contributed by atoms with Crippen molar-refractivity contribution in [1.29, 1.82) is 5.26 Å². The number of guanidine groups is 1. The second-order valence-electron chi connectivity index (χ2n) is 5.68. The van der Waals surface area contributed by atoms with Crippen LogP contribution in [0.3, 0.4) is 0 Å². The van der Waals surface area contributed by atoms with E-state index in [0.29, 0.717) is 5.56 Å². The Labute approximate surface area is 144 Å². The Bertz CT molecular complexity index is 966. The average molecular weight is 334 g/mol. The molecule has 0 spiro atoms. The Kier molecular flexibility index (Phi) is 4.31. The quantitative estimate of drug-likeness (QED) is 0.650. The van der Waals surface area contributed by atoms with Gasteiger partial charge in [-0.2, -0.15) is 10.3 Å². The summed E-state index contributed by atoms with van der Waals surface area (Å²) in [6.07, 6.45) is 3.68. The van der Waals surface area contributed by atoms with Gasteiger partial charge in [0, 0.05) is 5.56 Å². The first-order valence-corrected chi connectivity index (χ1v) is 7.67. The van der Waals surface area contributed by atoms with Crippen LogP contribution in [0.1, 0.15) is 39.0 Å². The Morgan fingerprint density at radius 2 is 2.00 bits per heavy atom. The molecule has 124 valence electrons. The van der Waals surface area contributed by atoms with Crippen LogP contribution < -0.4 is 11.5 Å². The zero-order valence-corrected chi connectivity index (χ0v) is 13.3. The molecule has 4 N–H and O–H groups in total. The van der Waals surface area contributed by atoms with Crippen molar-refractivity contribution in [3.05, 3.63) is 76.1 Å². The lowest BCUT2D eigenvalue weighted by atomic mass is 9.85. The number of halogens is 1. The molecule has 0 unspecified atom stereocenters. The first kappa shape index (κ1) is 16.4. The van der Waals surface area contributed by atoms with Crippen molar-refractivity contribution in [3.8, 4) is 6.07 Å². The number of amides is 1. The maximum Gasteiger partial charge on any atom is 0.280 e. The molecule has 0 saturated heterocycles. The molecular weight excluding hydrogens is 319 g/mol. The molecule has 6 heteroatoms. The number of hydrogen-bond donors (Lipinski definition) is 2. The lowest BCUT2D eigenvalue weighted by Gasteiger charge is -2.19. The monoisotopic (exact) mass is 334 g/mol. The second kappa shape index (κ2) is 6.57. The Morgan fingerprint density at radius 3 is 2.72 bits per heavy atom. The van der Waals surface area contributed by atoms with Gasteiger partial charge in [-0.15, -0.1) is 0 Å². The summed E-state index contributed by atoms with van der Waals surface area (Å²) < 4.78 is 13.6.